The molecule has 0 aromatic heterocycles. The fourth-order valence-corrected chi connectivity index (χ4v) is 3.16. The number of carbonyl (C=O) groups is 2. The minimum absolute atomic E-state index is 0.168. The van der Waals surface area contributed by atoms with Gasteiger partial charge in [-0.1, -0.05) is 30.3 Å². The van der Waals surface area contributed by atoms with Gasteiger partial charge in [-0.05, 0) is 49.4 Å². The molecule has 136 valence electrons. The number of halogens is 2. The number of carbonyl (C=O) groups excluding carboxylic acids is 2. The van der Waals surface area contributed by atoms with E-state index in [1.807, 2.05) is 24.3 Å². The molecule has 1 aliphatic carbocycles. The van der Waals surface area contributed by atoms with E-state index in [9.17, 15) is 18.4 Å². The van der Waals surface area contributed by atoms with E-state index in [0.717, 1.165) is 43.0 Å². The number of ether oxygens (including phenoxy) is 1. The van der Waals surface area contributed by atoms with Crippen LogP contribution in [-0.2, 0) is 16.0 Å². The quantitative estimate of drug-likeness (QED) is 0.847. The second kappa shape index (κ2) is 7.64. The van der Waals surface area contributed by atoms with Crippen molar-refractivity contribution in [2.24, 2.45) is 0 Å². The van der Waals surface area contributed by atoms with Gasteiger partial charge in [0, 0.05) is 0 Å². The highest BCUT2D eigenvalue weighted by atomic mass is 19.1. The van der Waals surface area contributed by atoms with E-state index in [1.54, 1.807) is 0 Å². The van der Waals surface area contributed by atoms with Gasteiger partial charge in [-0.25, -0.2) is 13.6 Å². The average molecular weight is 359 g/mol. The van der Waals surface area contributed by atoms with Crippen LogP contribution in [0, 0.1) is 11.6 Å². The molecular weight excluding hydrogens is 340 g/mol. The topological polar surface area (TPSA) is 55.4 Å². The lowest BCUT2D eigenvalue weighted by Crippen LogP contribution is -2.39. The first-order chi connectivity index (χ1) is 12.5. The summed E-state index contributed by atoms with van der Waals surface area (Å²) in [5, 5.41) is 2.86. The number of fused-ring (bicyclic) bond motifs is 1. The number of benzene rings is 2. The van der Waals surface area contributed by atoms with Crippen LogP contribution in [0.1, 0.15) is 47.3 Å². The maximum absolute atomic E-state index is 13.6. The van der Waals surface area contributed by atoms with Crippen LogP contribution in [0.4, 0.5) is 8.78 Å². The summed E-state index contributed by atoms with van der Waals surface area (Å²) in [6.45, 7) is 1.38. The summed E-state index contributed by atoms with van der Waals surface area (Å²) >= 11 is 0. The van der Waals surface area contributed by atoms with Gasteiger partial charge in [0.2, 0.25) is 0 Å². The van der Waals surface area contributed by atoms with Crippen LogP contribution < -0.4 is 5.32 Å². The lowest BCUT2D eigenvalue weighted by molar-refractivity contribution is -0.130. The first kappa shape index (κ1) is 18.0. The fourth-order valence-electron chi connectivity index (χ4n) is 3.16. The predicted octanol–water partition coefficient (Wildman–Crippen LogP) is 3.70. The third kappa shape index (κ3) is 3.74. The number of esters is 1. The van der Waals surface area contributed by atoms with Gasteiger partial charge in [-0.3, -0.25) is 4.79 Å². The molecule has 0 heterocycles. The van der Waals surface area contributed by atoms with E-state index in [0.29, 0.717) is 0 Å². The minimum atomic E-state index is -1.20. The van der Waals surface area contributed by atoms with Crippen LogP contribution in [-0.4, -0.2) is 18.0 Å². The Morgan fingerprint density at radius 2 is 1.81 bits per heavy atom. The monoisotopic (exact) mass is 359 g/mol. The van der Waals surface area contributed by atoms with Crippen LogP contribution in [0.5, 0.6) is 0 Å². The molecule has 26 heavy (non-hydrogen) atoms. The Labute approximate surface area is 150 Å². The van der Waals surface area contributed by atoms with Crippen LogP contribution in [0.25, 0.3) is 0 Å². The van der Waals surface area contributed by atoms with E-state index in [2.05, 4.69) is 5.32 Å². The molecule has 0 saturated heterocycles. The van der Waals surface area contributed by atoms with Gasteiger partial charge < -0.3 is 10.1 Å². The van der Waals surface area contributed by atoms with E-state index in [1.165, 1.54) is 12.5 Å². The second-order valence-corrected chi connectivity index (χ2v) is 6.30. The number of hydrogen-bond acceptors (Lipinski definition) is 3. The highest BCUT2D eigenvalue weighted by Gasteiger charge is 2.27. The summed E-state index contributed by atoms with van der Waals surface area (Å²) in [6, 6.07) is 10.8. The molecule has 0 aliphatic heterocycles. The highest BCUT2D eigenvalue weighted by Crippen LogP contribution is 2.29. The van der Waals surface area contributed by atoms with E-state index in [4.69, 9.17) is 4.74 Å². The van der Waals surface area contributed by atoms with Gasteiger partial charge in [0.05, 0.1) is 6.04 Å². The Balaban J connectivity index is 1.67. The van der Waals surface area contributed by atoms with E-state index < -0.39 is 35.2 Å². The van der Waals surface area contributed by atoms with Gasteiger partial charge >= 0.3 is 5.97 Å². The van der Waals surface area contributed by atoms with Crippen molar-refractivity contribution in [3.8, 4) is 0 Å². The smallest absolute Gasteiger partial charge is 0.344 e. The van der Waals surface area contributed by atoms with Gasteiger partial charge in [0.1, 0.15) is 17.2 Å². The molecular formula is C20H19F2NO3. The van der Waals surface area contributed by atoms with Crippen molar-refractivity contribution in [3.05, 3.63) is 70.8 Å². The summed E-state index contributed by atoms with van der Waals surface area (Å²) < 4.78 is 32.3. The Bertz CT molecular complexity index is 817. The van der Waals surface area contributed by atoms with E-state index >= 15 is 0 Å². The fraction of sp³-hybridized carbons (Fsp3) is 0.300. The van der Waals surface area contributed by atoms with Gasteiger partial charge in [-0.2, -0.15) is 0 Å². The molecule has 1 aliphatic rings. The lowest BCUT2D eigenvalue weighted by atomic mass is 9.87. The molecule has 0 unspecified atom stereocenters. The molecule has 0 radical (unpaired) electrons. The number of rotatable bonds is 4. The van der Waals surface area contributed by atoms with Gasteiger partial charge in [0.15, 0.2) is 6.10 Å². The van der Waals surface area contributed by atoms with Crippen LogP contribution >= 0.6 is 0 Å². The molecule has 2 atom stereocenters. The van der Waals surface area contributed by atoms with Crippen molar-refractivity contribution in [1.29, 1.82) is 0 Å². The van der Waals surface area contributed by atoms with Crippen molar-refractivity contribution >= 4 is 11.9 Å². The SMILES string of the molecule is C[C@@H](OC(=O)c1c(F)cccc1F)C(=O)N[C@@H]1CCCc2ccccc21. The number of aryl methyl sites for hydroxylation is 1. The third-order valence-electron chi connectivity index (χ3n) is 4.51. The predicted molar refractivity (Wildman–Crippen MR) is 91.5 cm³/mol. The molecule has 0 spiro atoms. The summed E-state index contributed by atoms with van der Waals surface area (Å²) in [7, 11) is 0. The van der Waals surface area contributed by atoms with Crippen LogP contribution in [0.3, 0.4) is 0 Å². The summed E-state index contributed by atoms with van der Waals surface area (Å²) in [5.41, 5.74) is 1.43. The molecule has 1 N–H and O–H groups in total. The Morgan fingerprint density at radius 3 is 2.54 bits per heavy atom. The van der Waals surface area contributed by atoms with Crippen molar-refractivity contribution in [1.82, 2.24) is 5.32 Å². The molecule has 0 bridgehead atoms. The highest BCUT2D eigenvalue weighted by molar-refractivity contribution is 5.92. The van der Waals surface area contributed by atoms with Crippen molar-refractivity contribution < 1.29 is 23.1 Å². The summed E-state index contributed by atoms with van der Waals surface area (Å²) in [6.07, 6.45) is 1.51. The first-order valence-corrected chi connectivity index (χ1v) is 8.50. The molecule has 2 aromatic rings. The Kier molecular flexibility index (Phi) is 5.30. The zero-order valence-corrected chi connectivity index (χ0v) is 14.3. The molecule has 2 aromatic carbocycles. The molecule has 1 amide bonds. The molecule has 6 heteroatoms. The number of nitrogens with one attached hydrogen (secondary N) is 1. The Hall–Kier alpha value is -2.76. The van der Waals surface area contributed by atoms with Crippen molar-refractivity contribution in [2.45, 2.75) is 38.3 Å². The zero-order chi connectivity index (χ0) is 18.7. The molecule has 4 nitrogen and oxygen atoms in total. The molecule has 3 rings (SSSR count). The molecule has 0 fully saturated rings. The lowest BCUT2D eigenvalue weighted by Gasteiger charge is -2.27. The maximum atomic E-state index is 13.6. The summed E-state index contributed by atoms with van der Waals surface area (Å²) in [5.74, 6) is -3.75. The van der Waals surface area contributed by atoms with Gasteiger partial charge in [0.25, 0.3) is 5.91 Å². The standard InChI is InChI=1S/C20H19F2NO3/c1-12(26-20(25)18-15(21)9-5-10-16(18)22)19(24)23-17-11-4-7-13-6-2-3-8-14(13)17/h2-3,5-6,8-10,12,17H,4,7,11H2,1H3,(H,23,24)/t12-,17-/m1/s1. The van der Waals surface area contributed by atoms with Crippen molar-refractivity contribution in [2.75, 3.05) is 0 Å². The maximum Gasteiger partial charge on any atom is 0.344 e. The summed E-state index contributed by atoms with van der Waals surface area (Å²) in [4.78, 5) is 24.4. The average Bonchev–Trinajstić information content (AvgIpc) is 2.61. The minimum Gasteiger partial charge on any atom is -0.449 e. The Morgan fingerprint density at radius 1 is 1.12 bits per heavy atom. The number of hydrogen-bond donors (Lipinski definition) is 1. The van der Waals surface area contributed by atoms with Gasteiger partial charge in [-0.15, -0.1) is 0 Å². The van der Waals surface area contributed by atoms with E-state index in [-0.39, 0.29) is 6.04 Å². The normalized spacial score (nSPS) is 17.1. The molecule has 0 saturated carbocycles. The first-order valence-electron chi connectivity index (χ1n) is 8.50. The number of amides is 1. The van der Waals surface area contributed by atoms with Crippen molar-refractivity contribution in [3.63, 3.8) is 0 Å². The van der Waals surface area contributed by atoms with Crippen LogP contribution in [0.15, 0.2) is 42.5 Å². The second-order valence-electron chi connectivity index (χ2n) is 6.30. The largest absolute Gasteiger partial charge is 0.449 e. The third-order valence-corrected chi connectivity index (χ3v) is 4.51. The van der Waals surface area contributed by atoms with Crippen LogP contribution in [0.2, 0.25) is 0 Å². The zero-order valence-electron chi connectivity index (χ0n) is 14.3.